The summed E-state index contributed by atoms with van der Waals surface area (Å²) in [6.07, 6.45) is 0. The lowest BCUT2D eigenvalue weighted by molar-refractivity contribution is 0.0945. The number of nitrogens with zero attached hydrogens (tertiary/aromatic N) is 2. The smallest absolute Gasteiger partial charge is 0.251 e. The molecule has 1 N–H and O–H groups in total. The molecule has 0 atom stereocenters. The van der Waals surface area contributed by atoms with Crippen LogP contribution in [0.3, 0.4) is 0 Å². The van der Waals surface area contributed by atoms with Gasteiger partial charge in [-0.25, -0.2) is 4.39 Å². The molecule has 0 fully saturated rings. The molecule has 3 rings (SSSR count). The van der Waals surface area contributed by atoms with E-state index in [0.717, 1.165) is 0 Å². The predicted octanol–water partition coefficient (Wildman–Crippen LogP) is 3.80. The van der Waals surface area contributed by atoms with Crippen LogP contribution in [0.4, 0.5) is 4.39 Å². The maximum atomic E-state index is 14.0. The van der Waals surface area contributed by atoms with Gasteiger partial charge in [-0.05, 0) is 35.9 Å². The van der Waals surface area contributed by atoms with E-state index in [1.165, 1.54) is 6.07 Å². The van der Waals surface area contributed by atoms with Gasteiger partial charge in [0.25, 0.3) is 5.91 Å². The number of benzene rings is 2. The molecule has 2 aromatic carbocycles. The summed E-state index contributed by atoms with van der Waals surface area (Å²) in [5, 5.41) is 6.62. The van der Waals surface area contributed by atoms with E-state index < -0.39 is 5.41 Å². The summed E-state index contributed by atoms with van der Waals surface area (Å²) in [7, 11) is 0. The van der Waals surface area contributed by atoms with Crippen LogP contribution >= 0.6 is 0 Å². The fraction of sp³-hybridized carbons (Fsp3) is 0.286. The molecular formula is C21H22FN3O3. The molecule has 1 amide bonds. The van der Waals surface area contributed by atoms with Gasteiger partial charge in [0.1, 0.15) is 11.6 Å². The van der Waals surface area contributed by atoms with Gasteiger partial charge in [-0.2, -0.15) is 4.98 Å². The van der Waals surface area contributed by atoms with E-state index in [9.17, 15) is 9.18 Å². The summed E-state index contributed by atoms with van der Waals surface area (Å²) < 4.78 is 24.5. The second-order valence-corrected chi connectivity index (χ2v) is 7.09. The molecule has 1 heterocycles. The van der Waals surface area contributed by atoms with Gasteiger partial charge in [-0.1, -0.05) is 37.2 Å². The number of hydrogen-bond acceptors (Lipinski definition) is 5. The molecule has 0 aliphatic rings. The molecule has 1 aromatic heterocycles. The minimum atomic E-state index is -0.535. The van der Waals surface area contributed by atoms with E-state index in [0.29, 0.717) is 35.1 Å². The van der Waals surface area contributed by atoms with Gasteiger partial charge < -0.3 is 14.6 Å². The molecule has 6 nitrogen and oxygen atoms in total. The SMILES string of the molecule is Cc1nc(COc2ccc(C(=O)NCC(C)(C)c3ccccc3F)cc2)no1. The van der Waals surface area contributed by atoms with Gasteiger partial charge in [0.05, 0.1) is 0 Å². The van der Waals surface area contributed by atoms with Crippen molar-refractivity contribution < 1.29 is 18.4 Å². The van der Waals surface area contributed by atoms with Gasteiger partial charge >= 0.3 is 0 Å². The number of aromatic nitrogens is 2. The molecule has 0 saturated carbocycles. The molecule has 28 heavy (non-hydrogen) atoms. The first-order valence-corrected chi connectivity index (χ1v) is 8.90. The highest BCUT2D eigenvalue weighted by molar-refractivity contribution is 5.94. The fourth-order valence-electron chi connectivity index (χ4n) is 2.76. The number of nitrogens with one attached hydrogen (secondary N) is 1. The number of hydrogen-bond donors (Lipinski definition) is 1. The minimum absolute atomic E-state index is 0.180. The fourth-order valence-corrected chi connectivity index (χ4v) is 2.76. The van der Waals surface area contributed by atoms with Crippen LogP contribution in [0, 0.1) is 12.7 Å². The van der Waals surface area contributed by atoms with Crippen molar-refractivity contribution in [2.24, 2.45) is 0 Å². The average Bonchev–Trinajstić information content (AvgIpc) is 3.10. The Morgan fingerprint density at radius 2 is 1.89 bits per heavy atom. The Morgan fingerprint density at radius 1 is 1.18 bits per heavy atom. The maximum absolute atomic E-state index is 14.0. The highest BCUT2D eigenvalue weighted by atomic mass is 19.1. The second-order valence-electron chi connectivity index (χ2n) is 7.09. The molecule has 0 unspecified atom stereocenters. The lowest BCUT2D eigenvalue weighted by atomic mass is 9.84. The maximum Gasteiger partial charge on any atom is 0.251 e. The largest absolute Gasteiger partial charge is 0.485 e. The molecule has 0 bridgehead atoms. The third-order valence-electron chi connectivity index (χ3n) is 4.35. The van der Waals surface area contributed by atoms with Crippen molar-refractivity contribution in [3.63, 3.8) is 0 Å². The Kier molecular flexibility index (Phi) is 5.73. The minimum Gasteiger partial charge on any atom is -0.485 e. The zero-order valence-electron chi connectivity index (χ0n) is 16.0. The third kappa shape index (κ3) is 4.73. The summed E-state index contributed by atoms with van der Waals surface area (Å²) in [6.45, 7) is 5.98. The molecule has 0 aliphatic carbocycles. The van der Waals surface area contributed by atoms with Crippen molar-refractivity contribution in [2.45, 2.75) is 32.8 Å². The van der Waals surface area contributed by atoms with Crippen molar-refractivity contribution >= 4 is 5.91 Å². The number of carbonyl (C=O) groups is 1. The van der Waals surface area contributed by atoms with E-state index >= 15 is 0 Å². The van der Waals surface area contributed by atoms with E-state index in [-0.39, 0.29) is 18.3 Å². The molecule has 0 spiro atoms. The first kappa shape index (κ1) is 19.5. The standard InChI is InChI=1S/C21H22FN3O3/c1-14-24-19(25-28-14)12-27-16-10-8-15(9-11-16)20(26)23-13-21(2,3)17-6-4-5-7-18(17)22/h4-11H,12-13H2,1-3H3,(H,23,26). The van der Waals surface area contributed by atoms with Crippen LogP contribution in [0.15, 0.2) is 53.1 Å². The summed E-state index contributed by atoms with van der Waals surface area (Å²) in [6, 6.07) is 13.3. The second kappa shape index (κ2) is 8.21. The first-order chi connectivity index (χ1) is 13.3. The molecule has 0 radical (unpaired) electrons. The van der Waals surface area contributed by atoms with Crippen LogP contribution in [-0.2, 0) is 12.0 Å². The molecule has 3 aromatic rings. The predicted molar refractivity (Wildman–Crippen MR) is 102 cm³/mol. The van der Waals surface area contributed by atoms with Crippen LogP contribution < -0.4 is 10.1 Å². The number of carbonyl (C=O) groups excluding carboxylic acids is 1. The van der Waals surface area contributed by atoms with Crippen molar-refractivity contribution in [1.82, 2.24) is 15.5 Å². The van der Waals surface area contributed by atoms with E-state index in [2.05, 4.69) is 15.5 Å². The Balaban J connectivity index is 1.56. The quantitative estimate of drug-likeness (QED) is 0.671. The monoisotopic (exact) mass is 383 g/mol. The lowest BCUT2D eigenvalue weighted by Gasteiger charge is -2.26. The number of rotatable bonds is 7. The van der Waals surface area contributed by atoms with E-state index in [4.69, 9.17) is 9.26 Å². The lowest BCUT2D eigenvalue weighted by Crippen LogP contribution is -2.37. The highest BCUT2D eigenvalue weighted by Gasteiger charge is 2.24. The van der Waals surface area contributed by atoms with E-state index in [1.54, 1.807) is 49.4 Å². The normalized spacial score (nSPS) is 11.3. The zero-order chi connectivity index (χ0) is 20.1. The van der Waals surface area contributed by atoms with Crippen LogP contribution in [-0.4, -0.2) is 22.6 Å². The molecule has 7 heteroatoms. The van der Waals surface area contributed by atoms with Crippen molar-refractivity contribution in [1.29, 1.82) is 0 Å². The average molecular weight is 383 g/mol. The Bertz CT molecular complexity index is 952. The highest BCUT2D eigenvalue weighted by Crippen LogP contribution is 2.25. The molecule has 0 saturated heterocycles. The first-order valence-electron chi connectivity index (χ1n) is 8.90. The van der Waals surface area contributed by atoms with Crippen LogP contribution in [0.25, 0.3) is 0 Å². The van der Waals surface area contributed by atoms with Gasteiger partial charge in [0, 0.05) is 24.4 Å². The van der Waals surface area contributed by atoms with Gasteiger partial charge in [-0.3, -0.25) is 4.79 Å². The topological polar surface area (TPSA) is 77.2 Å². The van der Waals surface area contributed by atoms with Gasteiger partial charge in [0.2, 0.25) is 11.7 Å². The number of halogens is 1. The summed E-state index contributed by atoms with van der Waals surface area (Å²) in [5.41, 5.74) is 0.523. The summed E-state index contributed by atoms with van der Waals surface area (Å²) >= 11 is 0. The molecule has 0 aliphatic heterocycles. The van der Waals surface area contributed by atoms with Crippen LogP contribution in [0.1, 0.15) is 41.5 Å². The summed E-state index contributed by atoms with van der Waals surface area (Å²) in [5.74, 6) is 1.01. The van der Waals surface area contributed by atoms with Crippen LogP contribution in [0.5, 0.6) is 5.75 Å². The van der Waals surface area contributed by atoms with Gasteiger partial charge in [-0.15, -0.1) is 0 Å². The van der Waals surface area contributed by atoms with Crippen LogP contribution in [0.2, 0.25) is 0 Å². The van der Waals surface area contributed by atoms with Crippen molar-refractivity contribution in [3.05, 3.63) is 77.2 Å². The number of ether oxygens (including phenoxy) is 1. The summed E-state index contributed by atoms with van der Waals surface area (Å²) in [4.78, 5) is 16.5. The zero-order valence-corrected chi connectivity index (χ0v) is 16.0. The van der Waals surface area contributed by atoms with E-state index in [1.807, 2.05) is 13.8 Å². The van der Waals surface area contributed by atoms with Gasteiger partial charge in [0.15, 0.2) is 6.61 Å². The van der Waals surface area contributed by atoms with Crippen molar-refractivity contribution in [3.8, 4) is 5.75 Å². The third-order valence-corrected chi connectivity index (χ3v) is 4.35. The Hall–Kier alpha value is -3.22. The molecule has 146 valence electrons. The molecular weight excluding hydrogens is 361 g/mol. The Morgan fingerprint density at radius 3 is 2.54 bits per heavy atom. The number of aryl methyl sites for hydroxylation is 1. The number of amides is 1. The Labute approximate surface area is 162 Å². The van der Waals surface area contributed by atoms with Crippen molar-refractivity contribution in [2.75, 3.05) is 6.54 Å².